The number of methoxy groups -OCH3 is 1. The number of esters is 1. The van der Waals surface area contributed by atoms with Crippen LogP contribution in [0, 0.1) is 23.1 Å². The number of aliphatic hydroxyl groups is 1. The van der Waals surface area contributed by atoms with Crippen LogP contribution in [0.3, 0.4) is 0 Å². The molecular weight excluding hydrogens is 323 g/mol. The molecule has 4 aliphatic rings. The van der Waals surface area contributed by atoms with E-state index in [1.54, 1.807) is 6.07 Å². The molecule has 0 amide bonds. The van der Waals surface area contributed by atoms with Crippen molar-refractivity contribution in [2.75, 3.05) is 7.11 Å². The molecule has 4 atom stereocenters. The van der Waals surface area contributed by atoms with Gasteiger partial charge in [0.25, 0.3) is 0 Å². The maximum absolute atomic E-state index is 13.7. The van der Waals surface area contributed by atoms with Crippen molar-refractivity contribution >= 4 is 5.97 Å². The molecule has 4 bridgehead atoms. The van der Waals surface area contributed by atoms with Crippen molar-refractivity contribution < 1.29 is 23.8 Å². The molecule has 0 radical (unpaired) electrons. The summed E-state index contributed by atoms with van der Waals surface area (Å²) in [6, 6.07) is 4.56. The van der Waals surface area contributed by atoms with Crippen LogP contribution in [0.15, 0.2) is 18.2 Å². The van der Waals surface area contributed by atoms with Crippen molar-refractivity contribution in [2.24, 2.45) is 17.3 Å². The minimum atomic E-state index is -0.566. The highest BCUT2D eigenvalue weighted by atomic mass is 19.1. The van der Waals surface area contributed by atoms with E-state index in [1.807, 2.05) is 0 Å². The topological polar surface area (TPSA) is 55.8 Å². The molecule has 1 aromatic rings. The Balaban J connectivity index is 1.37. The van der Waals surface area contributed by atoms with E-state index in [0.29, 0.717) is 23.8 Å². The third-order valence-electron chi connectivity index (χ3n) is 6.29. The summed E-state index contributed by atoms with van der Waals surface area (Å²) in [4.78, 5) is 12.4. The molecule has 5 heteroatoms. The van der Waals surface area contributed by atoms with Crippen LogP contribution >= 0.6 is 0 Å². The van der Waals surface area contributed by atoms with Gasteiger partial charge in [-0.2, -0.15) is 0 Å². The van der Waals surface area contributed by atoms with Crippen LogP contribution in [-0.2, 0) is 16.1 Å². The normalized spacial score (nSPS) is 35.6. The van der Waals surface area contributed by atoms with E-state index >= 15 is 0 Å². The largest absolute Gasteiger partial charge is 0.494 e. The number of carbonyl (C=O) groups is 1. The van der Waals surface area contributed by atoms with Gasteiger partial charge in [0, 0.05) is 0 Å². The van der Waals surface area contributed by atoms with Crippen molar-refractivity contribution in [3.63, 3.8) is 0 Å². The van der Waals surface area contributed by atoms with Crippen LogP contribution in [-0.4, -0.2) is 23.8 Å². The summed E-state index contributed by atoms with van der Waals surface area (Å²) >= 11 is 0. The number of ether oxygens (including phenoxy) is 2. The number of carbonyl (C=O) groups excluding carboxylic acids is 1. The van der Waals surface area contributed by atoms with Gasteiger partial charge in [-0.05, 0) is 73.5 Å². The molecule has 0 aromatic heterocycles. The number of halogens is 1. The van der Waals surface area contributed by atoms with E-state index < -0.39 is 11.4 Å². The Morgan fingerprint density at radius 3 is 2.60 bits per heavy atom. The van der Waals surface area contributed by atoms with E-state index in [-0.39, 0.29) is 23.7 Å². The van der Waals surface area contributed by atoms with Crippen LogP contribution < -0.4 is 4.74 Å². The van der Waals surface area contributed by atoms with Crippen molar-refractivity contribution in [1.82, 2.24) is 0 Å². The Morgan fingerprint density at radius 1 is 1.28 bits per heavy atom. The zero-order valence-electron chi connectivity index (χ0n) is 14.6. The van der Waals surface area contributed by atoms with E-state index in [2.05, 4.69) is 0 Å². The second-order valence-corrected chi connectivity index (χ2v) is 8.49. The highest BCUT2D eigenvalue weighted by Gasteiger charge is 2.57. The average molecular weight is 348 g/mol. The van der Waals surface area contributed by atoms with Crippen LogP contribution in [0.1, 0.15) is 50.5 Å². The summed E-state index contributed by atoms with van der Waals surface area (Å²) in [5.74, 6) is 0.572. The maximum Gasteiger partial charge on any atom is 0.306 e. The lowest BCUT2D eigenvalue weighted by Crippen LogP contribution is -2.56. The fourth-order valence-corrected chi connectivity index (χ4v) is 5.93. The number of rotatable bonds is 5. The molecule has 0 aliphatic heterocycles. The molecule has 1 aromatic carbocycles. The monoisotopic (exact) mass is 348 g/mol. The molecule has 0 saturated heterocycles. The second-order valence-electron chi connectivity index (χ2n) is 8.49. The first-order chi connectivity index (χ1) is 11.9. The van der Waals surface area contributed by atoms with Gasteiger partial charge in [0.1, 0.15) is 6.61 Å². The first-order valence-electron chi connectivity index (χ1n) is 9.09. The molecule has 1 N–H and O–H groups in total. The zero-order chi connectivity index (χ0) is 17.7. The van der Waals surface area contributed by atoms with Crippen LogP contribution in [0.2, 0.25) is 0 Å². The zero-order valence-corrected chi connectivity index (χ0v) is 14.6. The highest BCUT2D eigenvalue weighted by molar-refractivity contribution is 5.70. The number of hydrogen-bond donors (Lipinski definition) is 1. The van der Waals surface area contributed by atoms with E-state index in [9.17, 15) is 14.3 Å². The lowest BCUT2D eigenvalue weighted by molar-refractivity contribution is -0.177. The van der Waals surface area contributed by atoms with Gasteiger partial charge in [-0.3, -0.25) is 4.79 Å². The van der Waals surface area contributed by atoms with E-state index in [4.69, 9.17) is 9.47 Å². The van der Waals surface area contributed by atoms with E-state index in [1.165, 1.54) is 25.7 Å². The molecule has 4 aliphatic carbocycles. The lowest BCUT2D eigenvalue weighted by atomic mass is 9.47. The van der Waals surface area contributed by atoms with E-state index in [0.717, 1.165) is 32.1 Å². The van der Waals surface area contributed by atoms with Gasteiger partial charge in [0.2, 0.25) is 0 Å². The van der Waals surface area contributed by atoms with Crippen molar-refractivity contribution in [3.8, 4) is 5.75 Å². The average Bonchev–Trinajstić information content (AvgIpc) is 2.50. The van der Waals surface area contributed by atoms with Gasteiger partial charge in [-0.15, -0.1) is 0 Å². The van der Waals surface area contributed by atoms with Crippen molar-refractivity contribution in [3.05, 3.63) is 29.6 Å². The SMILES string of the molecule is COc1ccc(COC(=O)CC23C[C@@H]4C[C@@H](CC(O)(C4)C2)C3)cc1F. The molecule has 136 valence electrons. The van der Waals surface area contributed by atoms with Crippen LogP contribution in [0.25, 0.3) is 0 Å². The molecule has 0 heterocycles. The predicted octanol–water partition coefficient (Wildman–Crippen LogP) is 3.60. The summed E-state index contributed by atoms with van der Waals surface area (Å²) in [7, 11) is 1.41. The Labute approximate surface area is 147 Å². The Morgan fingerprint density at radius 2 is 2.00 bits per heavy atom. The third-order valence-corrected chi connectivity index (χ3v) is 6.29. The smallest absolute Gasteiger partial charge is 0.306 e. The quantitative estimate of drug-likeness (QED) is 0.826. The predicted molar refractivity (Wildman–Crippen MR) is 89.4 cm³/mol. The van der Waals surface area contributed by atoms with Gasteiger partial charge in [-0.25, -0.2) is 4.39 Å². The van der Waals surface area contributed by atoms with Crippen molar-refractivity contribution in [2.45, 2.75) is 57.2 Å². The van der Waals surface area contributed by atoms with Gasteiger partial charge < -0.3 is 14.6 Å². The Hall–Kier alpha value is -1.62. The molecule has 5 rings (SSSR count). The third kappa shape index (κ3) is 3.26. The molecule has 4 nitrogen and oxygen atoms in total. The summed E-state index contributed by atoms with van der Waals surface area (Å²) in [6.45, 7) is 0.0625. The van der Waals surface area contributed by atoms with Crippen LogP contribution in [0.4, 0.5) is 4.39 Å². The minimum Gasteiger partial charge on any atom is -0.494 e. The second kappa shape index (κ2) is 5.97. The summed E-state index contributed by atoms with van der Waals surface area (Å²) in [5.41, 5.74) is -0.0549. The summed E-state index contributed by atoms with van der Waals surface area (Å²) in [5, 5.41) is 10.8. The molecule has 25 heavy (non-hydrogen) atoms. The molecule has 2 unspecified atom stereocenters. The Bertz CT molecular complexity index is 672. The van der Waals surface area contributed by atoms with Crippen LogP contribution in [0.5, 0.6) is 5.75 Å². The standard InChI is InChI=1S/C20H25FO4/c1-24-17-3-2-13(5-16(17)21)11-25-18(22)10-19-6-14-4-15(7-19)9-20(23,8-14)12-19/h2-3,5,14-15,23H,4,6-12H2,1H3/t14-,15+,19?,20?. The minimum absolute atomic E-state index is 0.0625. The molecule has 0 spiro atoms. The molecular formula is C20H25FO4. The maximum atomic E-state index is 13.7. The van der Waals surface area contributed by atoms with Gasteiger partial charge in [0.15, 0.2) is 11.6 Å². The number of benzene rings is 1. The number of hydrogen-bond acceptors (Lipinski definition) is 4. The Kier molecular flexibility index (Phi) is 4.02. The highest BCUT2D eigenvalue weighted by Crippen LogP contribution is 2.62. The fourth-order valence-electron chi connectivity index (χ4n) is 5.93. The van der Waals surface area contributed by atoms with Gasteiger partial charge >= 0.3 is 5.97 Å². The van der Waals surface area contributed by atoms with Crippen molar-refractivity contribution in [1.29, 1.82) is 0 Å². The summed E-state index contributed by atoms with van der Waals surface area (Å²) < 4.78 is 24.0. The fraction of sp³-hybridized carbons (Fsp3) is 0.650. The van der Waals surface area contributed by atoms with Gasteiger partial charge in [0.05, 0.1) is 19.1 Å². The first kappa shape index (κ1) is 16.8. The molecule has 4 fully saturated rings. The van der Waals surface area contributed by atoms with Gasteiger partial charge in [-0.1, -0.05) is 6.07 Å². The lowest BCUT2D eigenvalue weighted by Gasteiger charge is -2.60. The summed E-state index contributed by atoms with van der Waals surface area (Å²) in [6.07, 6.45) is 6.12. The first-order valence-corrected chi connectivity index (χ1v) is 9.09. The molecule has 4 saturated carbocycles.